The Morgan fingerprint density at radius 2 is 1.80 bits per heavy atom. The van der Waals surface area contributed by atoms with Gasteiger partial charge in [-0.15, -0.1) is 0 Å². The first-order valence-corrected chi connectivity index (χ1v) is 6.98. The molecule has 0 aromatic heterocycles. The van der Waals surface area contributed by atoms with Gasteiger partial charge in [0, 0.05) is 0 Å². The second-order valence-electron chi connectivity index (χ2n) is 5.62. The fourth-order valence-corrected chi connectivity index (χ4v) is 3.41. The molecule has 0 spiro atoms. The number of fused-ring (bicyclic) bond motifs is 2. The molecule has 0 heterocycles. The Kier molecular flexibility index (Phi) is 3.09. The van der Waals surface area contributed by atoms with Gasteiger partial charge in [0.1, 0.15) is 5.92 Å². The molecule has 1 aliphatic carbocycles. The zero-order valence-corrected chi connectivity index (χ0v) is 11.8. The SMILES string of the molecule is Cc1cc(C)c2c(c1)CCc1ccccc1[C@@H]2C(=O)O. The number of aliphatic carboxylic acids is 1. The summed E-state index contributed by atoms with van der Waals surface area (Å²) in [5.41, 5.74) is 6.58. The Hall–Kier alpha value is -2.09. The van der Waals surface area contributed by atoms with E-state index in [1.54, 1.807) is 0 Å². The van der Waals surface area contributed by atoms with Crippen molar-refractivity contribution >= 4 is 5.97 Å². The molecule has 0 radical (unpaired) electrons. The largest absolute Gasteiger partial charge is 0.481 e. The fourth-order valence-electron chi connectivity index (χ4n) is 3.41. The Morgan fingerprint density at radius 3 is 2.55 bits per heavy atom. The Morgan fingerprint density at radius 1 is 1.10 bits per heavy atom. The molecule has 0 bridgehead atoms. The van der Waals surface area contributed by atoms with Crippen LogP contribution < -0.4 is 0 Å². The highest BCUT2D eigenvalue weighted by Gasteiger charge is 2.30. The Bertz CT molecular complexity index is 686. The molecule has 0 fully saturated rings. The summed E-state index contributed by atoms with van der Waals surface area (Å²) in [7, 11) is 0. The number of hydrogen-bond acceptors (Lipinski definition) is 1. The Labute approximate surface area is 119 Å². The van der Waals surface area contributed by atoms with Crippen molar-refractivity contribution in [1.82, 2.24) is 0 Å². The number of carboxylic acid groups (broad SMARTS) is 1. The highest BCUT2D eigenvalue weighted by molar-refractivity contribution is 5.82. The minimum atomic E-state index is -0.757. The number of carbonyl (C=O) groups is 1. The van der Waals surface area contributed by atoms with E-state index >= 15 is 0 Å². The third-order valence-corrected chi connectivity index (χ3v) is 4.18. The van der Waals surface area contributed by atoms with Crippen molar-refractivity contribution in [1.29, 1.82) is 0 Å². The van der Waals surface area contributed by atoms with Crippen molar-refractivity contribution in [2.45, 2.75) is 32.6 Å². The van der Waals surface area contributed by atoms with Gasteiger partial charge in [-0.1, -0.05) is 42.0 Å². The van der Waals surface area contributed by atoms with Gasteiger partial charge in [0.25, 0.3) is 0 Å². The van der Waals surface area contributed by atoms with Gasteiger partial charge in [-0.3, -0.25) is 4.79 Å². The average Bonchev–Trinajstić information content (AvgIpc) is 2.56. The van der Waals surface area contributed by atoms with Gasteiger partial charge in [-0.25, -0.2) is 0 Å². The number of rotatable bonds is 1. The number of carboxylic acids is 1. The van der Waals surface area contributed by atoms with Crippen molar-refractivity contribution in [3.8, 4) is 0 Å². The van der Waals surface area contributed by atoms with Gasteiger partial charge in [0.15, 0.2) is 0 Å². The third-order valence-electron chi connectivity index (χ3n) is 4.18. The van der Waals surface area contributed by atoms with E-state index in [-0.39, 0.29) is 0 Å². The molecule has 0 saturated carbocycles. The van der Waals surface area contributed by atoms with E-state index in [0.717, 1.165) is 35.1 Å². The second-order valence-corrected chi connectivity index (χ2v) is 5.62. The molecule has 2 heteroatoms. The minimum Gasteiger partial charge on any atom is -0.481 e. The molecule has 0 unspecified atom stereocenters. The zero-order valence-electron chi connectivity index (χ0n) is 11.8. The standard InChI is InChI=1S/C18H18O2/c1-11-9-12(2)16-14(10-11)8-7-13-5-3-4-6-15(13)17(16)18(19)20/h3-6,9-10,17H,7-8H2,1-2H3,(H,19,20)/t17-/m0/s1. The fraction of sp³-hybridized carbons (Fsp3) is 0.278. The summed E-state index contributed by atoms with van der Waals surface area (Å²) in [5, 5.41) is 9.75. The van der Waals surface area contributed by atoms with Gasteiger partial charge < -0.3 is 5.11 Å². The van der Waals surface area contributed by atoms with Crippen molar-refractivity contribution in [2.75, 3.05) is 0 Å². The third kappa shape index (κ3) is 2.01. The molecule has 0 saturated heterocycles. The summed E-state index contributed by atoms with van der Waals surface area (Å²) in [4.78, 5) is 11.9. The van der Waals surface area contributed by atoms with Crippen LogP contribution >= 0.6 is 0 Å². The van der Waals surface area contributed by atoms with Gasteiger partial charge >= 0.3 is 5.97 Å². The van der Waals surface area contributed by atoms with Crippen molar-refractivity contribution in [3.63, 3.8) is 0 Å². The molecule has 1 atom stereocenters. The highest BCUT2D eigenvalue weighted by Crippen LogP contribution is 2.36. The lowest BCUT2D eigenvalue weighted by Gasteiger charge is -2.19. The summed E-state index contributed by atoms with van der Waals surface area (Å²) in [6.45, 7) is 4.09. The van der Waals surface area contributed by atoms with Crippen LogP contribution in [0, 0.1) is 13.8 Å². The summed E-state index contributed by atoms with van der Waals surface area (Å²) in [5.74, 6) is -1.29. The van der Waals surface area contributed by atoms with Crippen LogP contribution in [0.5, 0.6) is 0 Å². The van der Waals surface area contributed by atoms with E-state index in [1.165, 1.54) is 11.1 Å². The van der Waals surface area contributed by atoms with E-state index in [4.69, 9.17) is 0 Å². The summed E-state index contributed by atoms with van der Waals surface area (Å²) < 4.78 is 0. The lowest BCUT2D eigenvalue weighted by atomic mass is 9.85. The van der Waals surface area contributed by atoms with E-state index in [9.17, 15) is 9.90 Å². The number of aryl methyl sites for hydroxylation is 4. The molecular weight excluding hydrogens is 248 g/mol. The average molecular weight is 266 g/mol. The molecule has 102 valence electrons. The van der Waals surface area contributed by atoms with Gasteiger partial charge in [-0.05, 0) is 54.5 Å². The van der Waals surface area contributed by atoms with Gasteiger partial charge in [-0.2, -0.15) is 0 Å². The predicted molar refractivity (Wildman–Crippen MR) is 79.2 cm³/mol. The summed E-state index contributed by atoms with van der Waals surface area (Å²) in [6.07, 6.45) is 1.83. The van der Waals surface area contributed by atoms with Crippen LogP contribution in [0.2, 0.25) is 0 Å². The second kappa shape index (κ2) is 4.78. The van der Waals surface area contributed by atoms with Crippen molar-refractivity contribution < 1.29 is 9.90 Å². The lowest BCUT2D eigenvalue weighted by Crippen LogP contribution is -2.16. The highest BCUT2D eigenvalue weighted by atomic mass is 16.4. The van der Waals surface area contributed by atoms with Gasteiger partial charge in [0.05, 0.1) is 0 Å². The first kappa shape index (κ1) is 12.9. The summed E-state index contributed by atoms with van der Waals surface area (Å²) in [6, 6.07) is 12.2. The lowest BCUT2D eigenvalue weighted by molar-refractivity contribution is -0.137. The maximum atomic E-state index is 11.9. The molecule has 0 aliphatic heterocycles. The molecule has 3 rings (SSSR count). The van der Waals surface area contributed by atoms with Crippen LogP contribution in [-0.2, 0) is 17.6 Å². The molecule has 20 heavy (non-hydrogen) atoms. The van der Waals surface area contributed by atoms with E-state index in [1.807, 2.05) is 25.1 Å². The number of benzene rings is 2. The van der Waals surface area contributed by atoms with Gasteiger partial charge in [0.2, 0.25) is 0 Å². The van der Waals surface area contributed by atoms with Crippen LogP contribution in [0.15, 0.2) is 36.4 Å². The predicted octanol–water partition coefficient (Wildman–Crippen LogP) is 3.62. The maximum Gasteiger partial charge on any atom is 0.315 e. The van der Waals surface area contributed by atoms with Crippen molar-refractivity contribution in [2.24, 2.45) is 0 Å². The van der Waals surface area contributed by atoms with Crippen molar-refractivity contribution in [3.05, 3.63) is 69.8 Å². The molecule has 1 aliphatic rings. The zero-order chi connectivity index (χ0) is 14.3. The first-order chi connectivity index (χ1) is 9.58. The normalized spacial score (nSPS) is 17.0. The molecule has 2 aromatic carbocycles. The maximum absolute atomic E-state index is 11.9. The van der Waals surface area contributed by atoms with E-state index in [0.29, 0.717) is 0 Å². The van der Waals surface area contributed by atoms with E-state index < -0.39 is 11.9 Å². The van der Waals surface area contributed by atoms with E-state index in [2.05, 4.69) is 25.1 Å². The minimum absolute atomic E-state index is 0.538. The monoisotopic (exact) mass is 266 g/mol. The molecular formula is C18H18O2. The van der Waals surface area contributed by atoms with Crippen LogP contribution in [0.1, 0.15) is 39.3 Å². The molecule has 0 amide bonds. The topological polar surface area (TPSA) is 37.3 Å². The Balaban J connectivity index is 2.30. The quantitative estimate of drug-likeness (QED) is 0.856. The first-order valence-electron chi connectivity index (χ1n) is 6.98. The van der Waals surface area contributed by atoms with Crippen LogP contribution in [0.4, 0.5) is 0 Å². The van der Waals surface area contributed by atoms with Crippen LogP contribution in [-0.4, -0.2) is 11.1 Å². The smallest absolute Gasteiger partial charge is 0.315 e. The molecule has 1 N–H and O–H groups in total. The van der Waals surface area contributed by atoms with Crippen LogP contribution in [0.25, 0.3) is 0 Å². The van der Waals surface area contributed by atoms with Crippen LogP contribution in [0.3, 0.4) is 0 Å². The summed E-state index contributed by atoms with van der Waals surface area (Å²) >= 11 is 0. The molecule has 2 aromatic rings. The number of hydrogen-bond donors (Lipinski definition) is 1. The molecule has 2 nitrogen and oxygen atoms in total.